The lowest BCUT2D eigenvalue weighted by atomic mass is 9.86. The van der Waals surface area contributed by atoms with Crippen LogP contribution >= 0.6 is 0 Å². The van der Waals surface area contributed by atoms with E-state index in [1.54, 1.807) is 13.8 Å². The van der Waals surface area contributed by atoms with E-state index in [2.05, 4.69) is 43.0 Å². The standard InChI is InChI=1S/C16H23NO3.C3H5NO2/c1-15(2,3)12-8-6-11(7-9-12)13-10-20-16(4,5)17(13)14(18)19;5-3-4-1-2-6-3/h6-9,13H,10H2,1-5H3,(H,18,19);1-2H2,(H,4,5)/t13-;/m0./s1. The Bertz CT molecular complexity index is 641. The number of hydrogen-bond donors (Lipinski definition) is 2. The van der Waals surface area contributed by atoms with Gasteiger partial charge in [-0.25, -0.2) is 9.59 Å². The second kappa shape index (κ2) is 7.53. The molecule has 0 aromatic heterocycles. The maximum atomic E-state index is 11.5. The number of carboxylic acid groups (broad SMARTS) is 1. The molecule has 0 saturated carbocycles. The van der Waals surface area contributed by atoms with Crippen LogP contribution in [0.5, 0.6) is 0 Å². The molecule has 2 fully saturated rings. The lowest BCUT2D eigenvalue weighted by Crippen LogP contribution is -2.44. The second-order valence-corrected chi connectivity index (χ2v) is 7.86. The molecule has 2 heterocycles. The third-order valence-corrected chi connectivity index (χ3v) is 4.46. The average Bonchev–Trinajstić information content (AvgIpc) is 3.13. The smallest absolute Gasteiger partial charge is 0.410 e. The van der Waals surface area contributed by atoms with Gasteiger partial charge < -0.3 is 19.9 Å². The van der Waals surface area contributed by atoms with Crippen molar-refractivity contribution in [1.82, 2.24) is 10.2 Å². The first-order chi connectivity index (χ1) is 12.0. The molecule has 0 spiro atoms. The molecule has 0 aliphatic carbocycles. The number of ether oxygens (including phenoxy) is 2. The SMILES string of the molecule is CC(C)(C)c1ccc([C@@H]2COC(C)(C)N2C(=O)O)cc1.O=C1NCCO1. The fourth-order valence-corrected chi connectivity index (χ4v) is 2.96. The van der Waals surface area contributed by atoms with Gasteiger partial charge in [-0.3, -0.25) is 4.90 Å². The van der Waals surface area contributed by atoms with Gasteiger partial charge in [0.2, 0.25) is 0 Å². The summed E-state index contributed by atoms with van der Waals surface area (Å²) in [5.74, 6) is 0. The van der Waals surface area contributed by atoms with Gasteiger partial charge in [0.1, 0.15) is 12.3 Å². The molecule has 2 N–H and O–H groups in total. The molecule has 26 heavy (non-hydrogen) atoms. The van der Waals surface area contributed by atoms with Crippen LogP contribution < -0.4 is 5.32 Å². The molecule has 0 unspecified atom stereocenters. The van der Waals surface area contributed by atoms with E-state index in [0.29, 0.717) is 19.8 Å². The molecule has 3 rings (SSSR count). The summed E-state index contributed by atoms with van der Waals surface area (Å²) in [4.78, 5) is 22.8. The van der Waals surface area contributed by atoms with E-state index in [0.717, 1.165) is 5.56 Å². The predicted molar refractivity (Wildman–Crippen MR) is 97.1 cm³/mol. The number of benzene rings is 1. The van der Waals surface area contributed by atoms with E-state index in [4.69, 9.17) is 4.74 Å². The van der Waals surface area contributed by atoms with Crippen molar-refractivity contribution < 1.29 is 24.2 Å². The topological polar surface area (TPSA) is 88.1 Å². The number of hydrogen-bond acceptors (Lipinski definition) is 4. The molecule has 144 valence electrons. The van der Waals surface area contributed by atoms with Crippen LogP contribution in [0.3, 0.4) is 0 Å². The molecule has 1 aromatic carbocycles. The fraction of sp³-hybridized carbons (Fsp3) is 0.579. The van der Waals surface area contributed by atoms with E-state index in [1.807, 2.05) is 12.1 Å². The van der Waals surface area contributed by atoms with Crippen molar-refractivity contribution in [3.05, 3.63) is 35.4 Å². The van der Waals surface area contributed by atoms with Crippen LogP contribution in [0.2, 0.25) is 0 Å². The number of nitrogens with zero attached hydrogens (tertiary/aromatic N) is 1. The highest BCUT2D eigenvalue weighted by atomic mass is 16.6. The third kappa shape index (κ3) is 4.66. The van der Waals surface area contributed by atoms with Crippen molar-refractivity contribution in [2.24, 2.45) is 0 Å². The van der Waals surface area contributed by atoms with E-state index in [1.165, 1.54) is 10.5 Å². The van der Waals surface area contributed by atoms with Gasteiger partial charge in [-0.05, 0) is 30.4 Å². The molecule has 2 aliphatic rings. The van der Waals surface area contributed by atoms with Crippen LogP contribution in [0, 0.1) is 0 Å². The molecule has 7 nitrogen and oxygen atoms in total. The average molecular weight is 364 g/mol. The first kappa shape index (κ1) is 20.0. The van der Waals surface area contributed by atoms with Gasteiger partial charge in [0, 0.05) is 0 Å². The molecule has 1 atom stereocenters. The van der Waals surface area contributed by atoms with E-state index in [-0.39, 0.29) is 17.6 Å². The summed E-state index contributed by atoms with van der Waals surface area (Å²) < 4.78 is 10.0. The Balaban J connectivity index is 0.000000342. The van der Waals surface area contributed by atoms with E-state index >= 15 is 0 Å². The molecule has 1 aromatic rings. The minimum Gasteiger partial charge on any atom is -0.465 e. The lowest BCUT2D eigenvalue weighted by Gasteiger charge is -2.31. The maximum Gasteiger partial charge on any atom is 0.410 e. The highest BCUT2D eigenvalue weighted by molar-refractivity contribution is 5.68. The Morgan fingerprint density at radius 1 is 1.27 bits per heavy atom. The number of rotatable bonds is 1. The van der Waals surface area contributed by atoms with Crippen molar-refractivity contribution in [3.8, 4) is 0 Å². The minimum atomic E-state index is -0.947. The van der Waals surface area contributed by atoms with Crippen molar-refractivity contribution >= 4 is 12.2 Å². The molecule has 0 radical (unpaired) electrons. The van der Waals surface area contributed by atoms with Crippen LogP contribution in [0.4, 0.5) is 9.59 Å². The molecule has 2 saturated heterocycles. The van der Waals surface area contributed by atoms with Gasteiger partial charge >= 0.3 is 12.2 Å². The normalized spacial score (nSPS) is 21.5. The van der Waals surface area contributed by atoms with E-state index in [9.17, 15) is 14.7 Å². The Morgan fingerprint density at radius 2 is 1.88 bits per heavy atom. The Kier molecular flexibility index (Phi) is 5.81. The van der Waals surface area contributed by atoms with Crippen LogP contribution in [0.1, 0.15) is 51.8 Å². The summed E-state index contributed by atoms with van der Waals surface area (Å²) in [6.07, 6.45) is -1.24. The third-order valence-electron chi connectivity index (χ3n) is 4.46. The molecule has 2 aliphatic heterocycles. The summed E-state index contributed by atoms with van der Waals surface area (Å²) >= 11 is 0. The maximum absolute atomic E-state index is 11.5. The van der Waals surface area contributed by atoms with Crippen LogP contribution in [-0.4, -0.2) is 47.7 Å². The number of nitrogens with one attached hydrogen (secondary N) is 1. The zero-order chi connectivity index (χ0) is 19.5. The number of amides is 2. The van der Waals surface area contributed by atoms with Gasteiger partial charge in [-0.15, -0.1) is 0 Å². The van der Waals surface area contributed by atoms with Gasteiger partial charge in [0.05, 0.1) is 19.2 Å². The summed E-state index contributed by atoms with van der Waals surface area (Å²) in [5.41, 5.74) is 1.53. The summed E-state index contributed by atoms with van der Waals surface area (Å²) in [6, 6.07) is 7.91. The number of carbonyl (C=O) groups is 2. The summed E-state index contributed by atoms with van der Waals surface area (Å²) in [7, 11) is 0. The quantitative estimate of drug-likeness (QED) is 0.796. The van der Waals surface area contributed by atoms with Gasteiger partial charge in [0.25, 0.3) is 0 Å². The summed E-state index contributed by atoms with van der Waals surface area (Å²) in [5, 5.41) is 11.9. The zero-order valence-corrected chi connectivity index (χ0v) is 16.0. The molecular weight excluding hydrogens is 336 g/mol. The number of alkyl carbamates (subject to hydrolysis) is 1. The van der Waals surface area contributed by atoms with Crippen molar-refractivity contribution in [2.45, 2.75) is 51.8 Å². The van der Waals surface area contributed by atoms with Crippen molar-refractivity contribution in [3.63, 3.8) is 0 Å². The number of carbonyl (C=O) groups excluding carboxylic acids is 1. The van der Waals surface area contributed by atoms with E-state index < -0.39 is 11.8 Å². The van der Waals surface area contributed by atoms with Crippen LogP contribution in [-0.2, 0) is 14.9 Å². The Morgan fingerprint density at radius 3 is 2.27 bits per heavy atom. The Hall–Kier alpha value is -2.28. The Labute approximate surface area is 154 Å². The molecular formula is C19H28N2O5. The highest BCUT2D eigenvalue weighted by Crippen LogP contribution is 2.37. The largest absolute Gasteiger partial charge is 0.465 e. The second-order valence-electron chi connectivity index (χ2n) is 7.86. The lowest BCUT2D eigenvalue weighted by molar-refractivity contribution is -0.0420. The van der Waals surface area contributed by atoms with Crippen LogP contribution in [0.15, 0.2) is 24.3 Å². The minimum absolute atomic E-state index is 0.0937. The molecule has 7 heteroatoms. The summed E-state index contributed by atoms with van der Waals surface area (Å²) in [6.45, 7) is 11.6. The van der Waals surface area contributed by atoms with Crippen LogP contribution in [0.25, 0.3) is 0 Å². The van der Waals surface area contributed by atoms with Crippen molar-refractivity contribution in [1.29, 1.82) is 0 Å². The van der Waals surface area contributed by atoms with Gasteiger partial charge in [-0.2, -0.15) is 0 Å². The molecule has 0 bridgehead atoms. The van der Waals surface area contributed by atoms with Gasteiger partial charge in [0.15, 0.2) is 0 Å². The number of cyclic esters (lactones) is 1. The molecule has 2 amide bonds. The monoisotopic (exact) mass is 364 g/mol. The van der Waals surface area contributed by atoms with Gasteiger partial charge in [-0.1, -0.05) is 45.0 Å². The first-order valence-electron chi connectivity index (χ1n) is 8.69. The highest BCUT2D eigenvalue weighted by Gasteiger charge is 2.44. The first-order valence-corrected chi connectivity index (χ1v) is 8.69. The zero-order valence-electron chi connectivity index (χ0n) is 16.0. The fourth-order valence-electron chi connectivity index (χ4n) is 2.96. The predicted octanol–water partition coefficient (Wildman–Crippen LogP) is 3.50. The van der Waals surface area contributed by atoms with Crippen molar-refractivity contribution in [2.75, 3.05) is 19.8 Å².